The second-order valence-electron chi connectivity index (χ2n) is 3.78. The molecular weight excluding hydrogens is 348 g/mol. The first kappa shape index (κ1) is 15.4. The Morgan fingerprint density at radius 1 is 1.53 bits per heavy atom. The van der Waals surface area contributed by atoms with Gasteiger partial charge in [0.05, 0.1) is 3.79 Å². The summed E-state index contributed by atoms with van der Waals surface area (Å²) in [5.74, 6) is 0. The zero-order valence-corrected chi connectivity index (χ0v) is 13.3. The van der Waals surface area contributed by atoms with Crippen LogP contribution < -0.4 is 5.32 Å². The van der Waals surface area contributed by atoms with Crippen molar-refractivity contribution in [1.82, 2.24) is 9.62 Å². The summed E-state index contributed by atoms with van der Waals surface area (Å²) in [6.45, 7) is 3.79. The van der Waals surface area contributed by atoms with Crippen LogP contribution in [0.25, 0.3) is 0 Å². The highest BCUT2D eigenvalue weighted by molar-refractivity contribution is 9.11. The van der Waals surface area contributed by atoms with Crippen LogP contribution in [0.2, 0.25) is 0 Å². The Bertz CT molecular complexity index is 477. The van der Waals surface area contributed by atoms with Crippen molar-refractivity contribution in [2.45, 2.75) is 17.2 Å². The molecule has 8 heteroatoms. The standard InChI is InChI=1S/C9H13BrN2O2S2.ClH/c1-7-6-12(5-4-11-7)16(13,14)9-3-2-8(10)15-9;/h2-3,7,11H,4-6H2,1H3;1H. The summed E-state index contributed by atoms with van der Waals surface area (Å²) in [6, 6.07) is 3.63. The molecule has 0 saturated carbocycles. The zero-order valence-electron chi connectivity index (χ0n) is 9.22. The lowest BCUT2D eigenvalue weighted by Gasteiger charge is -2.30. The predicted molar refractivity (Wildman–Crippen MR) is 75.5 cm³/mol. The number of sulfonamides is 1. The number of nitrogens with zero attached hydrogens (tertiary/aromatic N) is 1. The third-order valence-corrected chi connectivity index (χ3v) is 6.43. The Balaban J connectivity index is 0.00000144. The largest absolute Gasteiger partial charge is 0.312 e. The molecular formula is C9H14BrClN2O2S2. The van der Waals surface area contributed by atoms with Crippen molar-refractivity contribution in [2.75, 3.05) is 19.6 Å². The molecule has 1 aliphatic rings. The number of hydrogen-bond acceptors (Lipinski definition) is 4. The SMILES string of the molecule is CC1CN(S(=O)(=O)c2ccc(Br)s2)CCN1.Cl. The number of halogens is 2. The van der Waals surface area contributed by atoms with E-state index in [1.54, 1.807) is 16.4 Å². The van der Waals surface area contributed by atoms with E-state index in [-0.39, 0.29) is 18.4 Å². The molecule has 0 spiro atoms. The molecule has 1 unspecified atom stereocenters. The van der Waals surface area contributed by atoms with Gasteiger partial charge in [-0.05, 0) is 35.0 Å². The number of nitrogens with one attached hydrogen (secondary N) is 1. The molecule has 0 radical (unpaired) electrons. The Kier molecular flexibility index (Phi) is 5.42. The first-order valence-corrected chi connectivity index (χ1v) is 8.04. The Morgan fingerprint density at radius 2 is 2.24 bits per heavy atom. The van der Waals surface area contributed by atoms with Gasteiger partial charge in [0.2, 0.25) is 0 Å². The molecule has 2 rings (SSSR count). The molecule has 0 aliphatic carbocycles. The van der Waals surface area contributed by atoms with Crippen molar-refractivity contribution in [2.24, 2.45) is 0 Å². The van der Waals surface area contributed by atoms with Crippen molar-refractivity contribution in [3.8, 4) is 0 Å². The molecule has 0 bridgehead atoms. The van der Waals surface area contributed by atoms with Gasteiger partial charge < -0.3 is 5.32 Å². The second kappa shape index (κ2) is 5.99. The third-order valence-electron chi connectivity index (χ3n) is 2.47. The van der Waals surface area contributed by atoms with Crippen molar-refractivity contribution in [3.63, 3.8) is 0 Å². The van der Waals surface area contributed by atoms with E-state index in [1.165, 1.54) is 11.3 Å². The first-order chi connectivity index (χ1) is 7.50. The third kappa shape index (κ3) is 3.42. The van der Waals surface area contributed by atoms with Crippen LogP contribution in [0, 0.1) is 0 Å². The Hall–Kier alpha value is 0.340. The van der Waals surface area contributed by atoms with E-state index < -0.39 is 10.0 Å². The van der Waals surface area contributed by atoms with Crippen LogP contribution in [0.1, 0.15) is 6.92 Å². The van der Waals surface area contributed by atoms with Gasteiger partial charge in [-0.2, -0.15) is 4.31 Å². The molecule has 4 nitrogen and oxygen atoms in total. The summed E-state index contributed by atoms with van der Waals surface area (Å²) in [5.41, 5.74) is 0. The highest BCUT2D eigenvalue weighted by atomic mass is 79.9. The lowest BCUT2D eigenvalue weighted by molar-refractivity contribution is 0.311. The molecule has 1 aliphatic heterocycles. The maximum absolute atomic E-state index is 12.2. The van der Waals surface area contributed by atoms with Gasteiger partial charge >= 0.3 is 0 Å². The molecule has 1 fully saturated rings. The summed E-state index contributed by atoms with van der Waals surface area (Å²) in [6.07, 6.45) is 0. The van der Waals surface area contributed by atoms with Crippen molar-refractivity contribution < 1.29 is 8.42 Å². The highest BCUT2D eigenvalue weighted by Crippen LogP contribution is 2.28. The normalized spacial score (nSPS) is 22.1. The van der Waals surface area contributed by atoms with Gasteiger partial charge in [0, 0.05) is 25.7 Å². The lowest BCUT2D eigenvalue weighted by atomic mass is 10.3. The van der Waals surface area contributed by atoms with Crippen LogP contribution >= 0.6 is 39.7 Å². The average Bonchev–Trinajstić information content (AvgIpc) is 2.65. The maximum Gasteiger partial charge on any atom is 0.252 e. The minimum absolute atomic E-state index is 0. The predicted octanol–water partition coefficient (Wildman–Crippen LogP) is 1.91. The average molecular weight is 362 g/mol. The van der Waals surface area contributed by atoms with E-state index >= 15 is 0 Å². The topological polar surface area (TPSA) is 49.4 Å². The summed E-state index contributed by atoms with van der Waals surface area (Å²) in [7, 11) is -3.29. The van der Waals surface area contributed by atoms with Gasteiger partial charge in [-0.1, -0.05) is 0 Å². The van der Waals surface area contributed by atoms with Gasteiger partial charge in [0.1, 0.15) is 4.21 Å². The smallest absolute Gasteiger partial charge is 0.252 e. The van der Waals surface area contributed by atoms with Crippen molar-refractivity contribution in [3.05, 3.63) is 15.9 Å². The quantitative estimate of drug-likeness (QED) is 0.875. The highest BCUT2D eigenvalue weighted by Gasteiger charge is 2.29. The molecule has 98 valence electrons. The fourth-order valence-electron chi connectivity index (χ4n) is 1.68. The number of thiophene rings is 1. The number of hydrogen-bond donors (Lipinski definition) is 1. The minimum Gasteiger partial charge on any atom is -0.312 e. The summed E-state index contributed by atoms with van der Waals surface area (Å²) < 4.78 is 27.3. The van der Waals surface area contributed by atoms with E-state index in [0.717, 1.165) is 3.79 Å². The minimum atomic E-state index is -3.29. The fraction of sp³-hybridized carbons (Fsp3) is 0.556. The van der Waals surface area contributed by atoms with Gasteiger partial charge in [-0.3, -0.25) is 0 Å². The molecule has 1 aromatic heterocycles. The molecule has 17 heavy (non-hydrogen) atoms. The van der Waals surface area contributed by atoms with Crippen LogP contribution in [0.3, 0.4) is 0 Å². The lowest BCUT2D eigenvalue weighted by Crippen LogP contribution is -2.51. The number of piperazine rings is 1. The first-order valence-electron chi connectivity index (χ1n) is 4.99. The monoisotopic (exact) mass is 360 g/mol. The fourth-order valence-corrected chi connectivity index (χ4v) is 5.37. The van der Waals surface area contributed by atoms with Crippen LogP contribution in [0.5, 0.6) is 0 Å². The van der Waals surface area contributed by atoms with Crippen LogP contribution in [-0.2, 0) is 10.0 Å². The maximum atomic E-state index is 12.2. The van der Waals surface area contributed by atoms with Crippen molar-refractivity contribution in [1.29, 1.82) is 0 Å². The molecule has 1 atom stereocenters. The molecule has 0 aromatic carbocycles. The van der Waals surface area contributed by atoms with E-state index in [0.29, 0.717) is 23.8 Å². The van der Waals surface area contributed by atoms with E-state index in [1.807, 2.05) is 6.92 Å². The summed E-state index contributed by atoms with van der Waals surface area (Å²) >= 11 is 4.54. The van der Waals surface area contributed by atoms with Crippen molar-refractivity contribution >= 4 is 49.7 Å². The molecule has 1 aromatic rings. The zero-order chi connectivity index (χ0) is 11.8. The second-order valence-corrected chi connectivity index (χ2v) is 8.40. The van der Waals surface area contributed by atoms with Gasteiger partial charge in [0.15, 0.2) is 0 Å². The molecule has 0 amide bonds. The van der Waals surface area contributed by atoms with Gasteiger partial charge in [-0.25, -0.2) is 8.42 Å². The number of rotatable bonds is 2. The van der Waals surface area contributed by atoms with E-state index in [9.17, 15) is 8.42 Å². The Morgan fingerprint density at radius 3 is 2.76 bits per heavy atom. The van der Waals surface area contributed by atoms with Crippen LogP contribution in [-0.4, -0.2) is 38.4 Å². The van der Waals surface area contributed by atoms with Crippen LogP contribution in [0.4, 0.5) is 0 Å². The van der Waals surface area contributed by atoms with Gasteiger partial charge in [-0.15, -0.1) is 23.7 Å². The Labute approximate surface area is 120 Å². The van der Waals surface area contributed by atoms with Gasteiger partial charge in [0.25, 0.3) is 10.0 Å². The summed E-state index contributed by atoms with van der Waals surface area (Å²) in [4.78, 5) is 0. The summed E-state index contributed by atoms with van der Waals surface area (Å²) in [5, 5.41) is 3.23. The molecule has 1 saturated heterocycles. The van der Waals surface area contributed by atoms with E-state index in [4.69, 9.17) is 0 Å². The van der Waals surface area contributed by atoms with E-state index in [2.05, 4.69) is 21.2 Å². The molecule has 1 N–H and O–H groups in total. The molecule has 2 heterocycles. The van der Waals surface area contributed by atoms with Crippen LogP contribution in [0.15, 0.2) is 20.1 Å².